The Labute approximate surface area is 187 Å². The van der Waals surface area contributed by atoms with Crippen molar-refractivity contribution in [2.24, 2.45) is 11.8 Å². The Morgan fingerprint density at radius 2 is 1.43 bits per heavy atom. The molecule has 0 amide bonds. The summed E-state index contributed by atoms with van der Waals surface area (Å²) in [5.74, 6) is 8.10. The molecule has 0 aromatic heterocycles. The van der Waals surface area contributed by atoms with Crippen molar-refractivity contribution in [2.75, 3.05) is 0 Å². The van der Waals surface area contributed by atoms with Gasteiger partial charge in [-0.15, -0.1) is 0 Å². The maximum Gasteiger partial charge on any atom is -0.0109 e. The smallest absolute Gasteiger partial charge is 0.0109 e. The average Bonchev–Trinajstić information content (AvgIpc) is 2.78. The molecule has 0 heterocycles. The van der Waals surface area contributed by atoms with Gasteiger partial charge in [0, 0.05) is 0 Å². The van der Waals surface area contributed by atoms with Gasteiger partial charge in [-0.05, 0) is 79.7 Å². The lowest BCUT2D eigenvalue weighted by atomic mass is 9.79. The minimum Gasteiger partial charge on any atom is -0.0730 e. The molecule has 0 atom stereocenters. The minimum absolute atomic E-state index is 0.750. The van der Waals surface area contributed by atoms with Crippen LogP contribution in [0.4, 0.5) is 0 Å². The third-order valence-electron chi connectivity index (χ3n) is 6.55. The largest absolute Gasteiger partial charge is 0.0730 e. The topological polar surface area (TPSA) is 0 Å². The summed E-state index contributed by atoms with van der Waals surface area (Å²) in [7, 11) is 0. The van der Waals surface area contributed by atoms with Crippen molar-refractivity contribution in [1.29, 1.82) is 0 Å². The number of benzene rings is 1. The molecule has 0 saturated heterocycles. The standard InChI is InChI=1S/C30H44/c1-3-5-7-8-12-16-28-23-25-30(26-24-28)18-14-10-9-13-17-29-21-19-27(20-22-29)15-11-6-4-2/h13-14,17-22,28,30H,3-8,11-12,15-16,23-26H2,1-2H3. The molecule has 1 saturated carbocycles. The van der Waals surface area contributed by atoms with Crippen molar-refractivity contribution in [2.45, 2.75) is 104 Å². The molecule has 30 heavy (non-hydrogen) atoms. The number of hydrogen-bond donors (Lipinski definition) is 0. The van der Waals surface area contributed by atoms with E-state index in [0.29, 0.717) is 0 Å². The van der Waals surface area contributed by atoms with Crippen molar-refractivity contribution in [3.05, 3.63) is 53.6 Å². The average molecular weight is 405 g/mol. The highest BCUT2D eigenvalue weighted by molar-refractivity contribution is 5.53. The van der Waals surface area contributed by atoms with Crippen LogP contribution in [0.5, 0.6) is 0 Å². The summed E-state index contributed by atoms with van der Waals surface area (Å²) in [5.41, 5.74) is 2.68. The summed E-state index contributed by atoms with van der Waals surface area (Å²) in [6.45, 7) is 4.55. The maximum atomic E-state index is 3.20. The lowest BCUT2D eigenvalue weighted by molar-refractivity contribution is 0.288. The minimum atomic E-state index is 0.750. The van der Waals surface area contributed by atoms with Crippen LogP contribution in [0.15, 0.2) is 42.5 Å². The van der Waals surface area contributed by atoms with E-state index in [4.69, 9.17) is 0 Å². The molecule has 0 nitrogen and oxygen atoms in total. The van der Waals surface area contributed by atoms with E-state index in [-0.39, 0.29) is 0 Å². The van der Waals surface area contributed by atoms with Gasteiger partial charge in [-0.1, -0.05) is 107 Å². The molecule has 1 aromatic carbocycles. The van der Waals surface area contributed by atoms with Crippen LogP contribution in [0.1, 0.15) is 108 Å². The molecular formula is C30H44. The Hall–Kier alpha value is -1.74. The van der Waals surface area contributed by atoms with Crippen LogP contribution in [0.25, 0.3) is 6.08 Å². The van der Waals surface area contributed by atoms with Gasteiger partial charge in [0.15, 0.2) is 0 Å². The zero-order valence-electron chi connectivity index (χ0n) is 19.7. The highest BCUT2D eigenvalue weighted by Crippen LogP contribution is 2.32. The Balaban J connectivity index is 1.61. The van der Waals surface area contributed by atoms with E-state index in [2.05, 4.69) is 68.2 Å². The van der Waals surface area contributed by atoms with Gasteiger partial charge in [-0.3, -0.25) is 0 Å². The molecule has 0 spiro atoms. The van der Waals surface area contributed by atoms with Crippen molar-refractivity contribution in [3.8, 4) is 11.8 Å². The van der Waals surface area contributed by atoms with Crippen LogP contribution in [0.3, 0.4) is 0 Å². The molecular weight excluding hydrogens is 360 g/mol. The highest BCUT2D eigenvalue weighted by atomic mass is 14.2. The number of allylic oxidation sites excluding steroid dienone is 3. The molecule has 0 radical (unpaired) electrons. The van der Waals surface area contributed by atoms with Crippen LogP contribution < -0.4 is 0 Å². The van der Waals surface area contributed by atoms with Crippen molar-refractivity contribution >= 4 is 6.08 Å². The number of aryl methyl sites for hydroxylation is 1. The number of unbranched alkanes of at least 4 members (excludes halogenated alkanes) is 6. The molecule has 2 rings (SSSR count). The fourth-order valence-electron chi connectivity index (χ4n) is 4.50. The van der Waals surface area contributed by atoms with Crippen molar-refractivity contribution in [3.63, 3.8) is 0 Å². The molecule has 0 heteroatoms. The zero-order chi connectivity index (χ0) is 21.3. The Morgan fingerprint density at radius 1 is 0.767 bits per heavy atom. The van der Waals surface area contributed by atoms with Gasteiger partial charge in [0.25, 0.3) is 0 Å². The predicted octanol–water partition coefficient (Wildman–Crippen LogP) is 9.16. The van der Waals surface area contributed by atoms with E-state index in [1.807, 2.05) is 6.08 Å². The third kappa shape index (κ3) is 10.9. The highest BCUT2D eigenvalue weighted by Gasteiger charge is 2.18. The summed E-state index contributed by atoms with van der Waals surface area (Å²) in [4.78, 5) is 0. The molecule has 1 aliphatic rings. The van der Waals surface area contributed by atoms with Gasteiger partial charge in [-0.2, -0.15) is 0 Å². The summed E-state index contributed by atoms with van der Waals surface area (Å²) in [6.07, 6.45) is 27.7. The monoisotopic (exact) mass is 404 g/mol. The van der Waals surface area contributed by atoms with Gasteiger partial charge in [0.2, 0.25) is 0 Å². The van der Waals surface area contributed by atoms with Gasteiger partial charge < -0.3 is 0 Å². The van der Waals surface area contributed by atoms with Gasteiger partial charge in [0.05, 0.1) is 0 Å². The zero-order valence-corrected chi connectivity index (χ0v) is 19.7. The quantitative estimate of drug-likeness (QED) is 0.240. The first kappa shape index (κ1) is 24.5. The second-order valence-electron chi connectivity index (χ2n) is 9.16. The third-order valence-corrected chi connectivity index (χ3v) is 6.55. The van der Waals surface area contributed by atoms with E-state index in [1.54, 1.807) is 0 Å². The van der Waals surface area contributed by atoms with E-state index in [9.17, 15) is 0 Å². The second-order valence-corrected chi connectivity index (χ2v) is 9.16. The summed E-state index contributed by atoms with van der Waals surface area (Å²) >= 11 is 0. The normalized spacial score (nSPS) is 19.3. The molecule has 0 aliphatic heterocycles. The Kier molecular flexibility index (Phi) is 13.1. The molecule has 0 unspecified atom stereocenters. The molecule has 164 valence electrons. The fourth-order valence-corrected chi connectivity index (χ4v) is 4.50. The van der Waals surface area contributed by atoms with Crippen LogP contribution >= 0.6 is 0 Å². The number of hydrogen-bond acceptors (Lipinski definition) is 0. The van der Waals surface area contributed by atoms with Crippen LogP contribution in [0.2, 0.25) is 0 Å². The van der Waals surface area contributed by atoms with Gasteiger partial charge >= 0.3 is 0 Å². The maximum absolute atomic E-state index is 3.20. The second kappa shape index (κ2) is 16.0. The van der Waals surface area contributed by atoms with E-state index < -0.39 is 0 Å². The lowest BCUT2D eigenvalue weighted by Gasteiger charge is -2.26. The van der Waals surface area contributed by atoms with Crippen molar-refractivity contribution in [1.82, 2.24) is 0 Å². The van der Waals surface area contributed by atoms with Crippen LogP contribution in [-0.4, -0.2) is 0 Å². The number of rotatable bonds is 12. The molecule has 0 bridgehead atoms. The Bertz CT molecular complexity index is 656. The van der Waals surface area contributed by atoms with Crippen LogP contribution in [-0.2, 0) is 6.42 Å². The summed E-state index contributed by atoms with van der Waals surface area (Å²) in [6, 6.07) is 8.92. The Morgan fingerprint density at radius 3 is 2.17 bits per heavy atom. The first-order valence-electron chi connectivity index (χ1n) is 12.7. The lowest BCUT2D eigenvalue weighted by Crippen LogP contribution is -2.12. The van der Waals surface area contributed by atoms with E-state index in [0.717, 1.165) is 11.8 Å². The molecule has 0 N–H and O–H groups in total. The molecule has 1 fully saturated rings. The first-order chi connectivity index (χ1) is 14.8. The molecule has 1 aliphatic carbocycles. The SMILES string of the molecule is CCCCCCCC1CCC(C=CC#CC=Cc2ccc(CCCCC)cc2)CC1. The summed E-state index contributed by atoms with van der Waals surface area (Å²) in [5, 5.41) is 0. The molecule has 1 aromatic rings. The van der Waals surface area contributed by atoms with Crippen molar-refractivity contribution < 1.29 is 0 Å². The van der Waals surface area contributed by atoms with E-state index >= 15 is 0 Å². The fraction of sp³-hybridized carbons (Fsp3) is 0.600. The summed E-state index contributed by atoms with van der Waals surface area (Å²) < 4.78 is 0. The first-order valence-corrected chi connectivity index (χ1v) is 12.7. The van der Waals surface area contributed by atoms with Gasteiger partial charge in [-0.25, -0.2) is 0 Å². The van der Waals surface area contributed by atoms with E-state index in [1.165, 1.54) is 101 Å². The van der Waals surface area contributed by atoms with Crippen LogP contribution in [0, 0.1) is 23.7 Å². The van der Waals surface area contributed by atoms with Gasteiger partial charge in [0.1, 0.15) is 0 Å². The predicted molar refractivity (Wildman–Crippen MR) is 134 cm³/mol.